The molecular weight excluding hydrogens is 246 g/mol. The smallest absolute Gasteiger partial charge is 0.103 e. The molecular formula is C17H19N3. The maximum absolute atomic E-state index is 9.28. The van der Waals surface area contributed by atoms with Gasteiger partial charge in [0.2, 0.25) is 0 Å². The summed E-state index contributed by atoms with van der Waals surface area (Å²) in [6.07, 6.45) is 0. The zero-order chi connectivity index (χ0) is 14.7. The van der Waals surface area contributed by atoms with Gasteiger partial charge >= 0.3 is 0 Å². The van der Waals surface area contributed by atoms with Gasteiger partial charge in [-0.2, -0.15) is 5.26 Å². The fourth-order valence-electron chi connectivity index (χ4n) is 2.26. The molecule has 1 aromatic heterocycles. The van der Waals surface area contributed by atoms with Gasteiger partial charge in [0.15, 0.2) is 0 Å². The summed E-state index contributed by atoms with van der Waals surface area (Å²) in [4.78, 5) is 4.33. The number of hydrogen-bond donors (Lipinski definition) is 1. The van der Waals surface area contributed by atoms with Gasteiger partial charge in [-0.3, -0.25) is 4.98 Å². The Labute approximate surface area is 120 Å². The summed E-state index contributed by atoms with van der Waals surface area (Å²) in [6.45, 7) is 7.98. The van der Waals surface area contributed by atoms with Gasteiger partial charge in [0.1, 0.15) is 6.07 Å². The third-order valence-corrected chi connectivity index (χ3v) is 3.39. The monoisotopic (exact) mass is 265 g/mol. The van der Waals surface area contributed by atoms with E-state index in [1.807, 2.05) is 19.9 Å². The first-order chi connectivity index (χ1) is 9.51. The van der Waals surface area contributed by atoms with Gasteiger partial charge < -0.3 is 5.32 Å². The van der Waals surface area contributed by atoms with Crippen LogP contribution < -0.4 is 5.32 Å². The van der Waals surface area contributed by atoms with Crippen molar-refractivity contribution in [2.45, 2.75) is 33.7 Å². The molecule has 1 atom stereocenters. The summed E-state index contributed by atoms with van der Waals surface area (Å²) in [6, 6.07) is 12.7. The predicted molar refractivity (Wildman–Crippen MR) is 81.6 cm³/mol. The normalized spacial score (nSPS) is 11.8. The quantitative estimate of drug-likeness (QED) is 0.910. The Hall–Kier alpha value is -2.34. The first-order valence-corrected chi connectivity index (χ1v) is 6.72. The molecule has 0 radical (unpaired) electrons. The molecule has 1 aromatic carbocycles. The second-order valence-corrected chi connectivity index (χ2v) is 5.16. The molecule has 3 nitrogen and oxygen atoms in total. The van der Waals surface area contributed by atoms with Crippen molar-refractivity contribution in [2.24, 2.45) is 0 Å². The number of anilines is 1. The average molecular weight is 265 g/mol. The molecule has 0 spiro atoms. The topological polar surface area (TPSA) is 48.7 Å². The maximum atomic E-state index is 9.28. The van der Waals surface area contributed by atoms with Crippen LogP contribution in [0.1, 0.15) is 41.0 Å². The number of aromatic nitrogens is 1. The summed E-state index contributed by atoms with van der Waals surface area (Å²) in [5.41, 5.74) is 5.60. The number of hydrogen-bond acceptors (Lipinski definition) is 3. The van der Waals surface area contributed by atoms with Crippen LogP contribution in [0.15, 0.2) is 30.3 Å². The molecule has 1 heterocycles. The first kappa shape index (κ1) is 14.1. The van der Waals surface area contributed by atoms with Gasteiger partial charge in [0.05, 0.1) is 16.9 Å². The molecule has 0 bridgehead atoms. The Bertz CT molecular complexity index is 651. The minimum Gasteiger partial charge on any atom is -0.377 e. The highest BCUT2D eigenvalue weighted by Gasteiger charge is 2.11. The molecule has 3 heteroatoms. The zero-order valence-electron chi connectivity index (χ0n) is 12.4. The van der Waals surface area contributed by atoms with Crippen LogP contribution >= 0.6 is 0 Å². The van der Waals surface area contributed by atoms with Crippen LogP contribution in [0.2, 0.25) is 0 Å². The molecule has 102 valence electrons. The molecule has 0 aliphatic carbocycles. The molecule has 1 N–H and O–H groups in total. The molecule has 1 unspecified atom stereocenters. The lowest BCUT2D eigenvalue weighted by molar-refractivity contribution is 0.880. The molecule has 20 heavy (non-hydrogen) atoms. The second-order valence-electron chi connectivity index (χ2n) is 5.16. The van der Waals surface area contributed by atoms with Crippen molar-refractivity contribution in [1.82, 2.24) is 4.98 Å². The fraction of sp³-hybridized carbons (Fsp3) is 0.294. The molecule has 0 aliphatic heterocycles. The third kappa shape index (κ3) is 2.97. The number of nitrogens with zero attached hydrogens (tertiary/aromatic N) is 2. The van der Waals surface area contributed by atoms with Gasteiger partial charge in [0, 0.05) is 11.7 Å². The minimum atomic E-state index is 0.142. The second kappa shape index (κ2) is 5.75. The van der Waals surface area contributed by atoms with E-state index in [0.29, 0.717) is 5.56 Å². The SMILES string of the molecule is Cc1ccc(C(C)Nc2cc(C)nc(C)c2C#N)cc1. The highest BCUT2D eigenvalue weighted by molar-refractivity contribution is 5.60. The Morgan fingerprint density at radius 2 is 1.80 bits per heavy atom. The maximum Gasteiger partial charge on any atom is 0.103 e. The Morgan fingerprint density at radius 3 is 2.40 bits per heavy atom. The lowest BCUT2D eigenvalue weighted by atomic mass is 10.1. The van der Waals surface area contributed by atoms with Crippen LogP contribution in [-0.2, 0) is 0 Å². The van der Waals surface area contributed by atoms with Crippen molar-refractivity contribution < 1.29 is 0 Å². The van der Waals surface area contributed by atoms with E-state index in [9.17, 15) is 5.26 Å². The van der Waals surface area contributed by atoms with Crippen LogP contribution in [-0.4, -0.2) is 4.98 Å². The van der Waals surface area contributed by atoms with E-state index in [1.165, 1.54) is 11.1 Å². The standard InChI is InChI=1S/C17H19N3/c1-11-5-7-15(8-6-11)13(3)20-17-9-12(2)19-14(4)16(17)10-18/h5-9,13H,1-4H3,(H,19,20). The Kier molecular flexibility index (Phi) is 4.05. The first-order valence-electron chi connectivity index (χ1n) is 6.72. The Morgan fingerprint density at radius 1 is 1.15 bits per heavy atom. The number of nitriles is 1. The average Bonchev–Trinajstić information content (AvgIpc) is 2.39. The van der Waals surface area contributed by atoms with Crippen molar-refractivity contribution in [3.8, 4) is 6.07 Å². The van der Waals surface area contributed by atoms with Crippen LogP contribution in [0.3, 0.4) is 0 Å². The van der Waals surface area contributed by atoms with Gasteiger partial charge in [0.25, 0.3) is 0 Å². The van der Waals surface area contributed by atoms with Crippen LogP contribution in [0.4, 0.5) is 5.69 Å². The van der Waals surface area contributed by atoms with E-state index < -0.39 is 0 Å². The van der Waals surface area contributed by atoms with Crippen LogP contribution in [0.5, 0.6) is 0 Å². The summed E-state index contributed by atoms with van der Waals surface area (Å²) in [5.74, 6) is 0. The van der Waals surface area contributed by atoms with E-state index >= 15 is 0 Å². The molecule has 0 saturated carbocycles. The van der Waals surface area contributed by atoms with Crippen molar-refractivity contribution in [2.75, 3.05) is 5.32 Å². The molecule has 0 saturated heterocycles. The molecule has 0 fully saturated rings. The largest absolute Gasteiger partial charge is 0.377 e. The number of rotatable bonds is 3. The lowest BCUT2D eigenvalue weighted by Crippen LogP contribution is -2.09. The van der Waals surface area contributed by atoms with Crippen LogP contribution in [0.25, 0.3) is 0 Å². The van der Waals surface area contributed by atoms with E-state index in [4.69, 9.17) is 0 Å². The highest BCUT2D eigenvalue weighted by atomic mass is 14.9. The van der Waals surface area contributed by atoms with Crippen molar-refractivity contribution in [1.29, 1.82) is 5.26 Å². The summed E-state index contributed by atoms with van der Waals surface area (Å²) >= 11 is 0. The fourth-order valence-corrected chi connectivity index (χ4v) is 2.26. The van der Waals surface area contributed by atoms with Gasteiger partial charge in [-0.25, -0.2) is 0 Å². The van der Waals surface area contributed by atoms with Crippen molar-refractivity contribution in [3.63, 3.8) is 0 Å². The minimum absolute atomic E-state index is 0.142. The van der Waals surface area contributed by atoms with E-state index in [-0.39, 0.29) is 6.04 Å². The van der Waals surface area contributed by atoms with E-state index in [2.05, 4.69) is 54.5 Å². The number of aryl methyl sites for hydroxylation is 3. The van der Waals surface area contributed by atoms with Crippen LogP contribution in [0, 0.1) is 32.1 Å². The van der Waals surface area contributed by atoms with Crippen molar-refractivity contribution in [3.05, 3.63) is 58.4 Å². The Balaban J connectivity index is 2.30. The number of nitrogens with one attached hydrogen (secondary N) is 1. The summed E-state index contributed by atoms with van der Waals surface area (Å²) in [5, 5.41) is 12.7. The van der Waals surface area contributed by atoms with E-state index in [1.54, 1.807) is 0 Å². The summed E-state index contributed by atoms with van der Waals surface area (Å²) < 4.78 is 0. The molecule has 0 aliphatic rings. The number of benzene rings is 1. The molecule has 0 amide bonds. The number of pyridine rings is 1. The van der Waals surface area contributed by atoms with Crippen molar-refractivity contribution >= 4 is 5.69 Å². The molecule has 2 rings (SSSR count). The molecule has 2 aromatic rings. The predicted octanol–water partition coefficient (Wildman–Crippen LogP) is 4.05. The lowest BCUT2D eigenvalue weighted by Gasteiger charge is -2.18. The summed E-state index contributed by atoms with van der Waals surface area (Å²) in [7, 11) is 0. The van der Waals surface area contributed by atoms with Gasteiger partial charge in [-0.1, -0.05) is 29.8 Å². The third-order valence-electron chi connectivity index (χ3n) is 3.39. The highest BCUT2D eigenvalue weighted by Crippen LogP contribution is 2.24. The van der Waals surface area contributed by atoms with E-state index in [0.717, 1.165) is 17.1 Å². The van der Waals surface area contributed by atoms with Gasteiger partial charge in [-0.15, -0.1) is 0 Å². The zero-order valence-corrected chi connectivity index (χ0v) is 12.4. The van der Waals surface area contributed by atoms with Gasteiger partial charge in [-0.05, 0) is 39.3 Å².